The zero-order valence-corrected chi connectivity index (χ0v) is 16.2. The Morgan fingerprint density at radius 2 is 2.15 bits per heavy atom. The molecule has 2 aromatic rings. The molecule has 0 spiro atoms. The van der Waals surface area contributed by atoms with Crippen molar-refractivity contribution in [3.05, 3.63) is 60.2 Å². The van der Waals surface area contributed by atoms with Gasteiger partial charge in [-0.25, -0.2) is 4.39 Å². The van der Waals surface area contributed by atoms with Crippen LogP contribution in [-0.2, 0) is 4.79 Å². The lowest BCUT2D eigenvalue weighted by molar-refractivity contribution is -0.137. The normalized spacial score (nSPS) is 18.1. The van der Waals surface area contributed by atoms with Crippen molar-refractivity contribution < 1.29 is 9.18 Å². The molecule has 140 valence electrons. The first-order valence-electron chi connectivity index (χ1n) is 8.44. The van der Waals surface area contributed by atoms with Gasteiger partial charge in [0.15, 0.2) is 0 Å². The van der Waals surface area contributed by atoms with E-state index in [1.165, 1.54) is 12.1 Å². The number of amides is 1. The summed E-state index contributed by atoms with van der Waals surface area (Å²) in [5.41, 5.74) is 1.06. The number of carbonyl (C=O) groups excluding carboxylic acids is 1. The van der Waals surface area contributed by atoms with Crippen molar-refractivity contribution in [3.63, 3.8) is 0 Å². The van der Waals surface area contributed by atoms with Crippen LogP contribution in [-0.4, -0.2) is 41.2 Å². The summed E-state index contributed by atoms with van der Waals surface area (Å²) in [6.07, 6.45) is 3.57. The number of hydrogen-bond acceptors (Lipinski definition) is 4. The van der Waals surface area contributed by atoms with Gasteiger partial charge in [0.05, 0.1) is 6.04 Å². The highest BCUT2D eigenvalue weighted by atomic mass is 35.5. The van der Waals surface area contributed by atoms with E-state index in [0.29, 0.717) is 12.3 Å². The van der Waals surface area contributed by atoms with Crippen LogP contribution in [0.4, 0.5) is 4.39 Å². The van der Waals surface area contributed by atoms with Gasteiger partial charge in [0.1, 0.15) is 5.82 Å². The van der Waals surface area contributed by atoms with Gasteiger partial charge in [-0.3, -0.25) is 9.78 Å². The van der Waals surface area contributed by atoms with E-state index in [1.807, 2.05) is 30.2 Å². The molecule has 0 bridgehead atoms. The minimum Gasteiger partial charge on any atom is -0.333 e. The van der Waals surface area contributed by atoms with Crippen molar-refractivity contribution in [2.75, 3.05) is 25.4 Å². The molecule has 0 aliphatic carbocycles. The Bertz CT molecular complexity index is 702. The van der Waals surface area contributed by atoms with Crippen LogP contribution >= 0.6 is 24.2 Å². The zero-order valence-electron chi connectivity index (χ0n) is 14.6. The van der Waals surface area contributed by atoms with Crippen molar-refractivity contribution in [1.82, 2.24) is 15.2 Å². The van der Waals surface area contributed by atoms with E-state index in [1.54, 1.807) is 30.1 Å². The number of pyridine rings is 1. The molecule has 2 heterocycles. The van der Waals surface area contributed by atoms with Crippen molar-refractivity contribution in [3.8, 4) is 0 Å². The monoisotopic (exact) mass is 395 g/mol. The van der Waals surface area contributed by atoms with Crippen molar-refractivity contribution in [2.45, 2.75) is 17.9 Å². The van der Waals surface area contributed by atoms with Crippen LogP contribution < -0.4 is 5.32 Å². The van der Waals surface area contributed by atoms with Crippen molar-refractivity contribution in [2.24, 2.45) is 5.92 Å². The molecule has 7 heteroatoms. The van der Waals surface area contributed by atoms with Gasteiger partial charge < -0.3 is 10.2 Å². The third-order valence-electron chi connectivity index (χ3n) is 4.33. The molecule has 1 saturated heterocycles. The molecular formula is C19H23ClFN3OS. The smallest absolute Gasteiger partial charge is 0.226 e. The van der Waals surface area contributed by atoms with Crippen LogP contribution in [0, 0.1) is 11.7 Å². The van der Waals surface area contributed by atoms with E-state index in [4.69, 9.17) is 0 Å². The minimum absolute atomic E-state index is 0. The van der Waals surface area contributed by atoms with Crippen LogP contribution in [0.25, 0.3) is 0 Å². The van der Waals surface area contributed by atoms with Gasteiger partial charge in [0.25, 0.3) is 0 Å². The maximum Gasteiger partial charge on any atom is 0.226 e. The van der Waals surface area contributed by atoms with Gasteiger partial charge in [-0.05, 0) is 35.9 Å². The van der Waals surface area contributed by atoms with Gasteiger partial charge in [0, 0.05) is 48.6 Å². The third-order valence-corrected chi connectivity index (χ3v) is 5.60. The second-order valence-corrected chi connectivity index (χ2v) is 7.30. The van der Waals surface area contributed by atoms with Gasteiger partial charge in [-0.1, -0.05) is 13.0 Å². The van der Waals surface area contributed by atoms with E-state index in [-0.39, 0.29) is 36.1 Å². The number of halogens is 2. The average Bonchev–Trinajstić information content (AvgIpc) is 2.67. The Morgan fingerprint density at radius 1 is 1.38 bits per heavy atom. The van der Waals surface area contributed by atoms with E-state index < -0.39 is 0 Å². The Balaban J connectivity index is 0.00000243. The van der Waals surface area contributed by atoms with Gasteiger partial charge >= 0.3 is 0 Å². The van der Waals surface area contributed by atoms with E-state index >= 15 is 0 Å². The van der Waals surface area contributed by atoms with Crippen LogP contribution in [0.2, 0.25) is 0 Å². The van der Waals surface area contributed by atoms with Crippen LogP contribution in [0.5, 0.6) is 0 Å². The van der Waals surface area contributed by atoms with Crippen LogP contribution in [0.15, 0.2) is 53.7 Å². The predicted octanol–water partition coefficient (Wildman–Crippen LogP) is 3.54. The topological polar surface area (TPSA) is 45.2 Å². The van der Waals surface area contributed by atoms with Gasteiger partial charge in [-0.15, -0.1) is 24.2 Å². The number of nitrogens with zero attached hydrogens (tertiary/aromatic N) is 2. The SMILES string of the molecule is CC(CSc1ccc(F)cc1)C(=O)N1CCNCC1c1cccnc1.Cl. The van der Waals surface area contributed by atoms with Crippen molar-refractivity contribution >= 4 is 30.1 Å². The highest BCUT2D eigenvalue weighted by Gasteiger charge is 2.30. The summed E-state index contributed by atoms with van der Waals surface area (Å²) >= 11 is 1.58. The first-order valence-corrected chi connectivity index (χ1v) is 9.43. The molecule has 2 atom stereocenters. The fourth-order valence-corrected chi connectivity index (χ4v) is 3.86. The number of aromatic nitrogens is 1. The Labute approximate surface area is 164 Å². The largest absolute Gasteiger partial charge is 0.333 e. The van der Waals surface area contributed by atoms with Crippen LogP contribution in [0.3, 0.4) is 0 Å². The molecule has 0 saturated carbocycles. The molecule has 1 aliphatic heterocycles. The number of rotatable bonds is 5. The molecule has 3 rings (SSSR count). The highest BCUT2D eigenvalue weighted by molar-refractivity contribution is 7.99. The summed E-state index contributed by atoms with van der Waals surface area (Å²) in [5.74, 6) is 0.486. The number of piperazine rings is 1. The number of hydrogen-bond donors (Lipinski definition) is 1. The summed E-state index contributed by atoms with van der Waals surface area (Å²) in [4.78, 5) is 20.1. The van der Waals surface area contributed by atoms with E-state index in [2.05, 4.69) is 10.3 Å². The average molecular weight is 396 g/mol. The number of thioether (sulfide) groups is 1. The first-order chi connectivity index (χ1) is 12.1. The standard InChI is InChI=1S/C19H22FN3OS.ClH/c1-14(13-25-17-6-4-16(20)5-7-17)19(24)23-10-9-22-12-18(23)15-3-2-8-21-11-15;/h2-8,11,14,18,22H,9-10,12-13H2,1H3;1H. The number of nitrogens with one attached hydrogen (secondary N) is 1. The van der Waals surface area contributed by atoms with Gasteiger partial charge in [0.2, 0.25) is 5.91 Å². The highest BCUT2D eigenvalue weighted by Crippen LogP contribution is 2.26. The predicted molar refractivity (Wildman–Crippen MR) is 105 cm³/mol. The van der Waals surface area contributed by atoms with E-state index in [0.717, 1.165) is 23.5 Å². The lowest BCUT2D eigenvalue weighted by atomic mass is 10.0. The molecule has 0 radical (unpaired) electrons. The Morgan fingerprint density at radius 3 is 2.85 bits per heavy atom. The molecule has 4 nitrogen and oxygen atoms in total. The molecule has 26 heavy (non-hydrogen) atoms. The maximum atomic E-state index is 13.0. The fraction of sp³-hybridized carbons (Fsp3) is 0.368. The quantitative estimate of drug-likeness (QED) is 0.786. The number of benzene rings is 1. The van der Waals surface area contributed by atoms with Gasteiger partial charge in [-0.2, -0.15) is 0 Å². The second-order valence-electron chi connectivity index (χ2n) is 6.20. The first kappa shape index (κ1) is 20.7. The second kappa shape index (κ2) is 9.90. The molecule has 1 fully saturated rings. The lowest BCUT2D eigenvalue weighted by Gasteiger charge is -2.37. The van der Waals surface area contributed by atoms with Crippen molar-refractivity contribution in [1.29, 1.82) is 0 Å². The summed E-state index contributed by atoms with van der Waals surface area (Å²) in [5, 5.41) is 3.36. The molecular weight excluding hydrogens is 373 g/mol. The lowest BCUT2D eigenvalue weighted by Crippen LogP contribution is -2.50. The van der Waals surface area contributed by atoms with Crippen LogP contribution in [0.1, 0.15) is 18.5 Å². The maximum absolute atomic E-state index is 13.0. The molecule has 1 aliphatic rings. The summed E-state index contributed by atoms with van der Waals surface area (Å²) in [6.45, 7) is 4.21. The van der Waals surface area contributed by atoms with E-state index in [9.17, 15) is 9.18 Å². The molecule has 1 aromatic heterocycles. The fourth-order valence-electron chi connectivity index (χ4n) is 2.95. The summed E-state index contributed by atoms with van der Waals surface area (Å²) in [6, 6.07) is 10.3. The summed E-state index contributed by atoms with van der Waals surface area (Å²) in [7, 11) is 0. The zero-order chi connectivity index (χ0) is 17.6. The molecule has 1 amide bonds. The molecule has 1 N–H and O–H groups in total. The summed E-state index contributed by atoms with van der Waals surface area (Å²) < 4.78 is 13.0. The molecule has 1 aromatic carbocycles. The molecule has 2 unspecified atom stereocenters. The third kappa shape index (κ3) is 5.19. The Hall–Kier alpha value is -1.63. The Kier molecular flexibility index (Phi) is 7.87. The minimum atomic E-state index is -0.242. The number of carbonyl (C=O) groups is 1.